The van der Waals surface area contributed by atoms with Crippen LogP contribution in [0.1, 0.15) is 38.8 Å². The van der Waals surface area contributed by atoms with Crippen molar-refractivity contribution in [2.24, 2.45) is 11.8 Å². The maximum atomic E-state index is 13.3. The minimum atomic E-state index is -1.27. The van der Waals surface area contributed by atoms with Gasteiger partial charge in [0, 0.05) is 12.6 Å². The van der Waals surface area contributed by atoms with Gasteiger partial charge < -0.3 is 4.74 Å². The molecule has 1 N–H and O–H groups in total. The van der Waals surface area contributed by atoms with Crippen molar-refractivity contribution in [3.63, 3.8) is 0 Å². The fourth-order valence-electron chi connectivity index (χ4n) is 4.25. The molecule has 4 atom stereocenters. The van der Waals surface area contributed by atoms with Crippen molar-refractivity contribution in [2.75, 3.05) is 13.2 Å². The molecule has 140 valence electrons. The summed E-state index contributed by atoms with van der Waals surface area (Å²) in [7, 11) is 0. The Hall–Kier alpha value is -2.28. The van der Waals surface area contributed by atoms with Crippen LogP contribution < -0.4 is 5.32 Å². The van der Waals surface area contributed by atoms with Crippen LogP contribution in [0.2, 0.25) is 0 Å². The molecule has 0 bridgehead atoms. The van der Waals surface area contributed by atoms with E-state index in [1.165, 1.54) is 17.0 Å². The van der Waals surface area contributed by atoms with Crippen molar-refractivity contribution in [1.82, 2.24) is 10.2 Å². The molecule has 0 saturated carbocycles. The van der Waals surface area contributed by atoms with E-state index in [4.69, 9.17) is 4.74 Å². The highest BCUT2D eigenvalue weighted by atomic mass is 19.1. The van der Waals surface area contributed by atoms with E-state index in [0.29, 0.717) is 12.0 Å². The Balaban J connectivity index is 2.11. The minimum absolute atomic E-state index is 0.181. The topological polar surface area (TPSA) is 75.7 Å². The molecule has 2 amide bonds. The second-order valence-electron chi connectivity index (χ2n) is 6.64. The van der Waals surface area contributed by atoms with E-state index in [1.807, 2.05) is 0 Å². The Morgan fingerprint density at radius 2 is 1.85 bits per heavy atom. The predicted molar refractivity (Wildman–Crippen MR) is 91.3 cm³/mol. The number of carbonyl (C=O) groups excluding carboxylic acids is 3. The van der Waals surface area contributed by atoms with Crippen LogP contribution in [0.4, 0.5) is 4.39 Å². The molecule has 0 aliphatic carbocycles. The number of benzene rings is 1. The van der Waals surface area contributed by atoms with Crippen LogP contribution in [0.3, 0.4) is 0 Å². The average Bonchev–Trinajstić information content (AvgIpc) is 3.11. The lowest BCUT2D eigenvalue weighted by molar-refractivity contribution is -0.156. The summed E-state index contributed by atoms with van der Waals surface area (Å²) in [6, 6.07) is 5.21. The zero-order chi connectivity index (χ0) is 19.1. The predicted octanol–water partition coefficient (Wildman–Crippen LogP) is 1.80. The number of imide groups is 1. The fraction of sp³-hybridized carbons (Fsp3) is 0.526. The SMILES string of the molecule is CCOC(=O)C1(CC)NC(c2ccc(F)cc2)C2C(=O)N(CC)C(=O)C21. The normalized spacial score (nSPS) is 30.6. The van der Waals surface area contributed by atoms with Gasteiger partial charge in [-0.1, -0.05) is 19.1 Å². The smallest absolute Gasteiger partial charge is 0.327 e. The lowest BCUT2D eigenvalue weighted by Crippen LogP contribution is -2.56. The van der Waals surface area contributed by atoms with Gasteiger partial charge in [0.25, 0.3) is 0 Å². The zero-order valence-corrected chi connectivity index (χ0v) is 15.1. The van der Waals surface area contributed by atoms with Crippen LogP contribution in [-0.4, -0.2) is 41.4 Å². The first-order valence-corrected chi connectivity index (χ1v) is 8.96. The molecule has 2 saturated heterocycles. The molecule has 1 aromatic rings. The van der Waals surface area contributed by atoms with Gasteiger partial charge in [-0.2, -0.15) is 0 Å². The van der Waals surface area contributed by atoms with Gasteiger partial charge in [0.05, 0.1) is 18.4 Å². The Morgan fingerprint density at radius 3 is 2.38 bits per heavy atom. The molecule has 3 rings (SSSR count). The van der Waals surface area contributed by atoms with Crippen LogP contribution >= 0.6 is 0 Å². The largest absolute Gasteiger partial charge is 0.465 e. The van der Waals surface area contributed by atoms with Crippen LogP contribution in [-0.2, 0) is 19.1 Å². The number of esters is 1. The fourth-order valence-corrected chi connectivity index (χ4v) is 4.25. The molecule has 4 unspecified atom stereocenters. The van der Waals surface area contributed by atoms with Gasteiger partial charge in [-0.15, -0.1) is 0 Å². The lowest BCUT2D eigenvalue weighted by Gasteiger charge is -2.31. The summed E-state index contributed by atoms with van der Waals surface area (Å²) in [5, 5.41) is 3.22. The van der Waals surface area contributed by atoms with Crippen molar-refractivity contribution in [3.8, 4) is 0 Å². The van der Waals surface area contributed by atoms with E-state index < -0.39 is 29.4 Å². The van der Waals surface area contributed by atoms with Crippen LogP contribution in [0.25, 0.3) is 0 Å². The number of likely N-dealkylation sites (tertiary alicyclic amines) is 1. The number of hydrogen-bond acceptors (Lipinski definition) is 5. The Morgan fingerprint density at radius 1 is 1.19 bits per heavy atom. The maximum Gasteiger partial charge on any atom is 0.327 e. The maximum absolute atomic E-state index is 13.3. The quantitative estimate of drug-likeness (QED) is 0.639. The second-order valence-corrected chi connectivity index (χ2v) is 6.64. The average molecular weight is 362 g/mol. The number of fused-ring (bicyclic) bond motifs is 1. The third kappa shape index (κ3) is 2.53. The van der Waals surface area contributed by atoms with E-state index >= 15 is 0 Å². The summed E-state index contributed by atoms with van der Waals surface area (Å²) < 4.78 is 18.6. The number of hydrogen-bond donors (Lipinski definition) is 1. The highest BCUT2D eigenvalue weighted by molar-refractivity contribution is 6.09. The standard InChI is InChI=1S/C19H23FN2O4/c1-4-19(18(25)26-6-3)14-13(16(23)22(5-2)17(14)24)15(21-19)11-7-9-12(20)10-8-11/h7-10,13-15,21H,4-6H2,1-3H3. The van der Waals surface area contributed by atoms with Crippen molar-refractivity contribution in [1.29, 1.82) is 0 Å². The van der Waals surface area contributed by atoms with Gasteiger partial charge in [0.15, 0.2) is 0 Å². The number of nitrogens with one attached hydrogen (secondary N) is 1. The molecular weight excluding hydrogens is 339 g/mol. The highest BCUT2D eigenvalue weighted by Crippen LogP contribution is 2.50. The van der Waals surface area contributed by atoms with E-state index in [2.05, 4.69) is 5.32 Å². The van der Waals surface area contributed by atoms with Gasteiger partial charge >= 0.3 is 5.97 Å². The second kappa shape index (κ2) is 6.79. The van der Waals surface area contributed by atoms with E-state index in [9.17, 15) is 18.8 Å². The molecular formula is C19H23FN2O4. The van der Waals surface area contributed by atoms with Crippen molar-refractivity contribution >= 4 is 17.8 Å². The number of amides is 2. The Labute approximate surface area is 151 Å². The van der Waals surface area contributed by atoms with Gasteiger partial charge in [-0.25, -0.2) is 4.39 Å². The van der Waals surface area contributed by atoms with Crippen molar-refractivity contribution in [3.05, 3.63) is 35.6 Å². The first kappa shape index (κ1) is 18.5. The molecule has 2 aliphatic heterocycles. The molecule has 2 heterocycles. The van der Waals surface area contributed by atoms with Gasteiger partial charge in [-0.05, 0) is 38.0 Å². The van der Waals surface area contributed by atoms with Crippen LogP contribution in [0.15, 0.2) is 24.3 Å². The Kier molecular flexibility index (Phi) is 4.84. The molecule has 0 radical (unpaired) electrons. The molecule has 7 heteroatoms. The number of nitrogens with zero attached hydrogens (tertiary/aromatic N) is 1. The monoisotopic (exact) mass is 362 g/mol. The van der Waals surface area contributed by atoms with E-state index in [-0.39, 0.29) is 30.8 Å². The molecule has 1 aromatic carbocycles. The summed E-state index contributed by atoms with van der Waals surface area (Å²) in [4.78, 5) is 39.8. The minimum Gasteiger partial charge on any atom is -0.465 e. The lowest BCUT2D eigenvalue weighted by atomic mass is 9.78. The van der Waals surface area contributed by atoms with Crippen LogP contribution in [0.5, 0.6) is 0 Å². The third-order valence-electron chi connectivity index (χ3n) is 5.49. The first-order chi connectivity index (χ1) is 12.4. The molecule has 0 aromatic heterocycles. The molecule has 6 nitrogen and oxygen atoms in total. The number of rotatable bonds is 5. The van der Waals surface area contributed by atoms with E-state index in [0.717, 1.165) is 0 Å². The highest BCUT2D eigenvalue weighted by Gasteiger charge is 2.67. The number of halogens is 1. The number of carbonyl (C=O) groups is 3. The van der Waals surface area contributed by atoms with Gasteiger partial charge in [0.1, 0.15) is 11.4 Å². The summed E-state index contributed by atoms with van der Waals surface area (Å²) in [6.07, 6.45) is 0.307. The Bertz CT molecular complexity index is 736. The molecule has 26 heavy (non-hydrogen) atoms. The number of ether oxygens (including phenoxy) is 1. The summed E-state index contributed by atoms with van der Waals surface area (Å²) in [6.45, 7) is 5.66. The molecule has 0 spiro atoms. The van der Waals surface area contributed by atoms with Crippen LogP contribution in [0, 0.1) is 17.7 Å². The van der Waals surface area contributed by atoms with Gasteiger partial charge in [-0.3, -0.25) is 24.6 Å². The molecule has 2 fully saturated rings. The summed E-state index contributed by atoms with van der Waals surface area (Å²) >= 11 is 0. The summed E-state index contributed by atoms with van der Waals surface area (Å²) in [5.74, 6) is -3.11. The first-order valence-electron chi connectivity index (χ1n) is 8.96. The van der Waals surface area contributed by atoms with Gasteiger partial charge in [0.2, 0.25) is 11.8 Å². The zero-order valence-electron chi connectivity index (χ0n) is 15.1. The third-order valence-corrected chi connectivity index (χ3v) is 5.49. The van der Waals surface area contributed by atoms with Crippen molar-refractivity contribution < 1.29 is 23.5 Å². The summed E-state index contributed by atoms with van der Waals surface area (Å²) in [5.41, 5.74) is -0.601. The van der Waals surface area contributed by atoms with E-state index in [1.54, 1.807) is 32.9 Å². The van der Waals surface area contributed by atoms with Crippen molar-refractivity contribution in [2.45, 2.75) is 38.8 Å². The molecule has 2 aliphatic rings.